The topological polar surface area (TPSA) is 107 Å². The minimum atomic E-state index is -0.645. The second-order valence-corrected chi connectivity index (χ2v) is 8.69. The Morgan fingerprint density at radius 3 is 2.65 bits per heavy atom. The number of benzene rings is 1. The van der Waals surface area contributed by atoms with Gasteiger partial charge in [0.15, 0.2) is 11.6 Å². The minimum Gasteiger partial charge on any atom is -0.478 e. The summed E-state index contributed by atoms with van der Waals surface area (Å²) in [6.07, 6.45) is 6.05. The van der Waals surface area contributed by atoms with Crippen molar-refractivity contribution < 1.29 is 14.3 Å². The van der Waals surface area contributed by atoms with Gasteiger partial charge >= 0.3 is 5.69 Å². The van der Waals surface area contributed by atoms with Crippen LogP contribution in [0.1, 0.15) is 44.6 Å². The number of ketones is 1. The number of pyridine rings is 1. The van der Waals surface area contributed by atoms with Crippen molar-refractivity contribution >= 4 is 17.4 Å². The molecule has 1 N–H and O–H groups in total. The molecule has 0 radical (unpaired) electrons. The predicted molar refractivity (Wildman–Crippen MR) is 129 cm³/mol. The van der Waals surface area contributed by atoms with E-state index in [1.165, 1.54) is 0 Å². The lowest BCUT2D eigenvalue weighted by Gasteiger charge is -2.25. The molecular formula is C25H27ClN4O4. The molecule has 0 atom stereocenters. The Labute approximate surface area is 202 Å². The average Bonchev–Trinajstić information content (AvgIpc) is 3.34. The van der Waals surface area contributed by atoms with Gasteiger partial charge in [-0.1, -0.05) is 17.7 Å². The van der Waals surface area contributed by atoms with Gasteiger partial charge in [0.05, 0.1) is 11.6 Å². The van der Waals surface area contributed by atoms with E-state index in [1.807, 2.05) is 19.1 Å². The first-order valence-electron chi connectivity index (χ1n) is 11.4. The molecule has 34 heavy (non-hydrogen) atoms. The van der Waals surface area contributed by atoms with Gasteiger partial charge in [-0.05, 0) is 62.8 Å². The van der Waals surface area contributed by atoms with E-state index >= 15 is 0 Å². The SMILES string of the molecule is CCOc1ccc(-c2nc(-c3cc(CCC(=O)C4(OC)CCCC4)ccc3Cl)[nH]c(=O)n2)cn1. The molecule has 1 aliphatic rings. The number of methoxy groups -OCH3 is 1. The van der Waals surface area contributed by atoms with Crippen LogP contribution in [0.2, 0.25) is 5.02 Å². The zero-order chi connectivity index (χ0) is 24.1. The van der Waals surface area contributed by atoms with Crippen LogP contribution in [0, 0.1) is 0 Å². The van der Waals surface area contributed by atoms with Gasteiger partial charge in [-0.15, -0.1) is 0 Å². The molecule has 0 unspecified atom stereocenters. The number of Topliss-reactive ketones (excluding diaryl/α,β-unsaturated/α-hetero) is 1. The smallest absolute Gasteiger partial charge is 0.348 e. The molecule has 1 saturated carbocycles. The molecule has 0 aliphatic heterocycles. The van der Waals surface area contributed by atoms with E-state index in [9.17, 15) is 9.59 Å². The van der Waals surface area contributed by atoms with Crippen molar-refractivity contribution in [2.75, 3.05) is 13.7 Å². The van der Waals surface area contributed by atoms with Crippen molar-refractivity contribution in [3.8, 4) is 28.7 Å². The summed E-state index contributed by atoms with van der Waals surface area (Å²) in [5.41, 5.74) is 0.867. The molecule has 4 rings (SSSR count). The molecule has 178 valence electrons. The highest BCUT2D eigenvalue weighted by Gasteiger charge is 2.40. The van der Waals surface area contributed by atoms with Crippen molar-refractivity contribution in [3.05, 3.63) is 57.6 Å². The van der Waals surface area contributed by atoms with Gasteiger partial charge in [0, 0.05) is 36.9 Å². The molecule has 9 heteroatoms. The monoisotopic (exact) mass is 482 g/mol. The van der Waals surface area contributed by atoms with Gasteiger partial charge in [0.25, 0.3) is 0 Å². The molecule has 1 fully saturated rings. The second kappa shape index (κ2) is 10.4. The molecule has 0 bridgehead atoms. The fraction of sp³-hybridized carbons (Fsp3) is 0.400. The summed E-state index contributed by atoms with van der Waals surface area (Å²) in [5, 5.41) is 0.435. The van der Waals surface area contributed by atoms with E-state index < -0.39 is 11.3 Å². The largest absolute Gasteiger partial charge is 0.478 e. The zero-order valence-electron chi connectivity index (χ0n) is 19.3. The maximum absolute atomic E-state index is 12.9. The molecule has 1 aliphatic carbocycles. The molecule has 0 spiro atoms. The number of rotatable bonds is 9. The van der Waals surface area contributed by atoms with Gasteiger partial charge in [0.1, 0.15) is 11.4 Å². The molecule has 3 aromatic rings. The number of hydrogen-bond donors (Lipinski definition) is 1. The number of hydrogen-bond acceptors (Lipinski definition) is 7. The third-order valence-electron chi connectivity index (χ3n) is 6.17. The van der Waals surface area contributed by atoms with Crippen molar-refractivity contribution in [2.24, 2.45) is 0 Å². The normalized spacial score (nSPS) is 14.8. The van der Waals surface area contributed by atoms with Gasteiger partial charge in [-0.2, -0.15) is 4.98 Å². The van der Waals surface area contributed by atoms with Crippen LogP contribution in [0.5, 0.6) is 5.88 Å². The quantitative estimate of drug-likeness (QED) is 0.481. The standard InChI is InChI=1S/C25H27ClN4O4/c1-3-34-21-11-8-17(15-27-21)22-28-23(30-24(32)29-22)18-14-16(6-9-19(18)26)7-10-20(31)25(33-2)12-4-5-13-25/h6,8-9,11,14-15H,3-5,7,10,12-13H2,1-2H3,(H,28,29,30,32). The number of halogens is 1. The van der Waals surface area contributed by atoms with E-state index in [0.717, 1.165) is 31.2 Å². The number of aromatic amines is 1. The van der Waals surface area contributed by atoms with Crippen LogP contribution >= 0.6 is 11.6 Å². The van der Waals surface area contributed by atoms with Gasteiger partial charge in [-0.3, -0.25) is 9.78 Å². The van der Waals surface area contributed by atoms with Gasteiger partial charge < -0.3 is 9.47 Å². The van der Waals surface area contributed by atoms with Crippen LogP contribution in [0.4, 0.5) is 0 Å². The van der Waals surface area contributed by atoms with E-state index in [-0.39, 0.29) is 11.6 Å². The Hall–Kier alpha value is -3.10. The zero-order valence-corrected chi connectivity index (χ0v) is 20.0. The first-order valence-corrected chi connectivity index (χ1v) is 11.8. The summed E-state index contributed by atoms with van der Waals surface area (Å²) in [7, 11) is 1.62. The lowest BCUT2D eigenvalue weighted by Crippen LogP contribution is -2.37. The van der Waals surface area contributed by atoms with Crippen LogP contribution in [0.25, 0.3) is 22.8 Å². The fourth-order valence-electron chi connectivity index (χ4n) is 4.32. The summed E-state index contributed by atoms with van der Waals surface area (Å²) >= 11 is 6.45. The number of aryl methyl sites for hydroxylation is 1. The minimum absolute atomic E-state index is 0.129. The molecule has 0 saturated heterocycles. The maximum atomic E-state index is 12.9. The van der Waals surface area contributed by atoms with E-state index in [2.05, 4.69) is 19.9 Å². The van der Waals surface area contributed by atoms with Crippen molar-refractivity contribution in [1.82, 2.24) is 19.9 Å². The molecule has 1 aromatic carbocycles. The third-order valence-corrected chi connectivity index (χ3v) is 6.50. The van der Waals surface area contributed by atoms with Crippen LogP contribution < -0.4 is 10.4 Å². The average molecular weight is 483 g/mol. The highest BCUT2D eigenvalue weighted by molar-refractivity contribution is 6.33. The summed E-state index contributed by atoms with van der Waals surface area (Å²) in [4.78, 5) is 40.5. The van der Waals surface area contributed by atoms with Crippen LogP contribution in [0.15, 0.2) is 41.3 Å². The number of aromatic nitrogens is 4. The number of nitrogens with zero attached hydrogens (tertiary/aromatic N) is 3. The molecule has 8 nitrogen and oxygen atoms in total. The van der Waals surface area contributed by atoms with Gasteiger partial charge in [0.2, 0.25) is 5.88 Å². The Morgan fingerprint density at radius 1 is 1.18 bits per heavy atom. The summed E-state index contributed by atoms with van der Waals surface area (Å²) in [5.74, 6) is 1.14. The first-order chi connectivity index (χ1) is 16.4. The van der Waals surface area contributed by atoms with Crippen LogP contribution in [0.3, 0.4) is 0 Å². The first kappa shape index (κ1) is 24.0. The number of H-pyrrole nitrogens is 1. The number of carbonyl (C=O) groups is 1. The molecule has 2 heterocycles. The molecular weight excluding hydrogens is 456 g/mol. The number of ether oxygens (including phenoxy) is 2. The third kappa shape index (κ3) is 5.18. The van der Waals surface area contributed by atoms with Crippen LogP contribution in [-0.2, 0) is 16.0 Å². The van der Waals surface area contributed by atoms with E-state index in [0.29, 0.717) is 47.3 Å². The summed E-state index contributed by atoms with van der Waals surface area (Å²) in [6, 6.07) is 8.92. The number of carbonyl (C=O) groups excluding carboxylic acids is 1. The van der Waals surface area contributed by atoms with E-state index in [4.69, 9.17) is 21.1 Å². The lowest BCUT2D eigenvalue weighted by molar-refractivity contribution is -0.140. The van der Waals surface area contributed by atoms with Crippen molar-refractivity contribution in [3.63, 3.8) is 0 Å². The summed E-state index contributed by atoms with van der Waals surface area (Å²) < 4.78 is 11.0. The Balaban J connectivity index is 1.58. The fourth-order valence-corrected chi connectivity index (χ4v) is 4.53. The van der Waals surface area contributed by atoms with E-state index in [1.54, 1.807) is 31.5 Å². The lowest BCUT2D eigenvalue weighted by atomic mass is 9.91. The molecule has 0 amide bonds. The molecule has 2 aromatic heterocycles. The Kier molecular flexibility index (Phi) is 7.38. The highest BCUT2D eigenvalue weighted by atomic mass is 35.5. The van der Waals surface area contributed by atoms with Crippen LogP contribution in [-0.4, -0.2) is 45.0 Å². The Bertz CT molecular complexity index is 1220. The van der Waals surface area contributed by atoms with Crippen molar-refractivity contribution in [2.45, 2.75) is 51.0 Å². The second-order valence-electron chi connectivity index (χ2n) is 8.29. The summed E-state index contributed by atoms with van der Waals surface area (Å²) in [6.45, 7) is 2.38. The Morgan fingerprint density at radius 2 is 1.97 bits per heavy atom. The maximum Gasteiger partial charge on any atom is 0.348 e. The number of nitrogens with one attached hydrogen (secondary N) is 1. The highest BCUT2D eigenvalue weighted by Crippen LogP contribution is 2.35. The van der Waals surface area contributed by atoms with Crippen molar-refractivity contribution in [1.29, 1.82) is 0 Å². The van der Waals surface area contributed by atoms with Gasteiger partial charge in [-0.25, -0.2) is 14.8 Å². The predicted octanol–water partition coefficient (Wildman–Crippen LogP) is 4.41.